The highest BCUT2D eigenvalue weighted by Gasteiger charge is 2.35. The molecule has 0 spiro atoms. The second-order valence-corrected chi connectivity index (χ2v) is 5.43. The maximum absolute atomic E-state index is 6.11. The van der Waals surface area contributed by atoms with Gasteiger partial charge in [-0.25, -0.2) is 0 Å². The molecule has 2 rings (SSSR count). The van der Waals surface area contributed by atoms with E-state index in [-0.39, 0.29) is 17.9 Å². The topological polar surface area (TPSA) is 3.24 Å². The van der Waals surface area contributed by atoms with Gasteiger partial charge in [-0.1, -0.05) is 43.0 Å². The summed E-state index contributed by atoms with van der Waals surface area (Å²) in [6.07, 6.45) is 6.52. The molecule has 17 heavy (non-hydrogen) atoms. The van der Waals surface area contributed by atoms with Crippen molar-refractivity contribution in [1.29, 1.82) is 0 Å². The van der Waals surface area contributed by atoms with E-state index in [0.29, 0.717) is 0 Å². The Balaban J connectivity index is 0.00000144. The van der Waals surface area contributed by atoms with Crippen LogP contribution in [-0.2, 0) is 5.54 Å². The quantitative estimate of drug-likeness (QED) is 0.768. The van der Waals surface area contributed by atoms with Gasteiger partial charge in [-0.3, -0.25) is 4.90 Å². The first-order valence-corrected chi connectivity index (χ1v) is 6.46. The lowest BCUT2D eigenvalue weighted by Gasteiger charge is -2.43. The standard InChI is InChI=1S/C14H20ClN.ClH/c1-16(2)14(9-4-3-5-10-14)12-7-6-8-13(15)11-12;/h6-8,11H,3-5,9-10H2,1-2H3;1H. The summed E-state index contributed by atoms with van der Waals surface area (Å²) in [5.74, 6) is 0. The lowest BCUT2D eigenvalue weighted by atomic mass is 9.76. The predicted octanol–water partition coefficient (Wildman–Crippen LogP) is 4.48. The SMILES string of the molecule is CN(C)C1(c2cccc(Cl)c2)CCCCC1.Cl. The Morgan fingerprint density at radius 1 is 1.12 bits per heavy atom. The van der Waals surface area contributed by atoms with Crippen LogP contribution in [0.2, 0.25) is 5.02 Å². The summed E-state index contributed by atoms with van der Waals surface area (Å²) >= 11 is 6.11. The Kier molecular flexibility index (Phi) is 5.30. The Morgan fingerprint density at radius 3 is 2.29 bits per heavy atom. The van der Waals surface area contributed by atoms with Crippen LogP contribution in [0.15, 0.2) is 24.3 Å². The van der Waals surface area contributed by atoms with Crippen LogP contribution in [-0.4, -0.2) is 19.0 Å². The molecule has 0 radical (unpaired) electrons. The van der Waals surface area contributed by atoms with E-state index in [4.69, 9.17) is 11.6 Å². The third kappa shape index (κ3) is 2.96. The number of hydrogen-bond acceptors (Lipinski definition) is 1. The largest absolute Gasteiger partial charge is 0.300 e. The molecule has 0 bridgehead atoms. The highest BCUT2D eigenvalue weighted by Crippen LogP contribution is 2.41. The second kappa shape index (κ2) is 6.08. The van der Waals surface area contributed by atoms with Gasteiger partial charge >= 0.3 is 0 Å². The van der Waals surface area contributed by atoms with E-state index in [1.54, 1.807) is 0 Å². The van der Waals surface area contributed by atoms with Gasteiger partial charge in [0.25, 0.3) is 0 Å². The molecule has 0 aromatic heterocycles. The molecule has 1 fully saturated rings. The van der Waals surface area contributed by atoms with Gasteiger partial charge in [-0.15, -0.1) is 12.4 Å². The van der Waals surface area contributed by atoms with Gasteiger partial charge < -0.3 is 0 Å². The van der Waals surface area contributed by atoms with Crippen molar-refractivity contribution in [2.24, 2.45) is 0 Å². The van der Waals surface area contributed by atoms with Crippen molar-refractivity contribution in [3.05, 3.63) is 34.9 Å². The minimum absolute atomic E-state index is 0. The summed E-state index contributed by atoms with van der Waals surface area (Å²) in [4.78, 5) is 2.37. The fraction of sp³-hybridized carbons (Fsp3) is 0.571. The van der Waals surface area contributed by atoms with Crippen molar-refractivity contribution >= 4 is 24.0 Å². The lowest BCUT2D eigenvalue weighted by molar-refractivity contribution is 0.0989. The van der Waals surface area contributed by atoms with E-state index < -0.39 is 0 Å². The minimum Gasteiger partial charge on any atom is -0.300 e. The van der Waals surface area contributed by atoms with Crippen molar-refractivity contribution in [3.8, 4) is 0 Å². The van der Waals surface area contributed by atoms with Crippen LogP contribution in [0.5, 0.6) is 0 Å². The van der Waals surface area contributed by atoms with E-state index in [1.807, 2.05) is 6.07 Å². The van der Waals surface area contributed by atoms with E-state index in [0.717, 1.165) is 5.02 Å². The molecule has 0 aliphatic heterocycles. The molecule has 1 aromatic carbocycles. The van der Waals surface area contributed by atoms with Crippen LogP contribution in [0.1, 0.15) is 37.7 Å². The van der Waals surface area contributed by atoms with Crippen molar-refractivity contribution in [2.75, 3.05) is 14.1 Å². The van der Waals surface area contributed by atoms with Gasteiger partial charge in [0.05, 0.1) is 0 Å². The molecule has 0 atom stereocenters. The van der Waals surface area contributed by atoms with Crippen molar-refractivity contribution in [1.82, 2.24) is 4.90 Å². The smallest absolute Gasteiger partial charge is 0.0455 e. The number of hydrogen-bond donors (Lipinski definition) is 0. The molecule has 1 nitrogen and oxygen atoms in total. The molecular formula is C14H21Cl2N. The number of benzene rings is 1. The van der Waals surface area contributed by atoms with Gasteiger partial charge in [-0.2, -0.15) is 0 Å². The molecule has 0 saturated heterocycles. The van der Waals surface area contributed by atoms with Gasteiger partial charge in [0.2, 0.25) is 0 Å². The molecule has 0 amide bonds. The van der Waals surface area contributed by atoms with Gasteiger partial charge in [0.1, 0.15) is 0 Å². The van der Waals surface area contributed by atoms with E-state index in [9.17, 15) is 0 Å². The maximum Gasteiger partial charge on any atom is 0.0455 e. The zero-order valence-electron chi connectivity index (χ0n) is 10.6. The summed E-state index contributed by atoms with van der Waals surface area (Å²) in [5.41, 5.74) is 1.59. The zero-order chi connectivity index (χ0) is 11.6. The molecule has 0 N–H and O–H groups in total. The molecule has 1 aromatic rings. The van der Waals surface area contributed by atoms with Crippen LogP contribution in [0.4, 0.5) is 0 Å². The Hall–Kier alpha value is -0.240. The first kappa shape index (κ1) is 14.8. The normalized spacial score (nSPS) is 18.8. The second-order valence-electron chi connectivity index (χ2n) is 5.00. The fourth-order valence-electron chi connectivity index (χ4n) is 2.91. The van der Waals surface area contributed by atoms with E-state index in [2.05, 4.69) is 37.2 Å². The molecule has 1 saturated carbocycles. The van der Waals surface area contributed by atoms with Crippen LogP contribution >= 0.6 is 24.0 Å². The lowest BCUT2D eigenvalue weighted by Crippen LogP contribution is -2.43. The van der Waals surface area contributed by atoms with E-state index >= 15 is 0 Å². The van der Waals surface area contributed by atoms with Gasteiger partial charge in [-0.05, 0) is 44.6 Å². The molecule has 0 unspecified atom stereocenters. The van der Waals surface area contributed by atoms with Gasteiger partial charge in [0, 0.05) is 10.6 Å². The summed E-state index contributed by atoms with van der Waals surface area (Å²) in [7, 11) is 4.37. The van der Waals surface area contributed by atoms with Gasteiger partial charge in [0.15, 0.2) is 0 Å². The predicted molar refractivity (Wildman–Crippen MR) is 77.2 cm³/mol. The maximum atomic E-state index is 6.11. The summed E-state index contributed by atoms with van der Waals surface area (Å²) in [5, 5.41) is 0.851. The van der Waals surface area contributed by atoms with Crippen LogP contribution in [0, 0.1) is 0 Å². The molecule has 1 aliphatic rings. The molecule has 0 heterocycles. The molecular weight excluding hydrogens is 253 g/mol. The van der Waals surface area contributed by atoms with Crippen LogP contribution < -0.4 is 0 Å². The van der Waals surface area contributed by atoms with Crippen molar-refractivity contribution < 1.29 is 0 Å². The number of halogens is 2. The Morgan fingerprint density at radius 2 is 1.76 bits per heavy atom. The van der Waals surface area contributed by atoms with E-state index in [1.165, 1.54) is 37.7 Å². The monoisotopic (exact) mass is 273 g/mol. The highest BCUT2D eigenvalue weighted by molar-refractivity contribution is 6.30. The molecule has 96 valence electrons. The van der Waals surface area contributed by atoms with Crippen LogP contribution in [0.25, 0.3) is 0 Å². The number of rotatable bonds is 2. The molecule has 1 aliphatic carbocycles. The van der Waals surface area contributed by atoms with Crippen molar-refractivity contribution in [2.45, 2.75) is 37.6 Å². The average Bonchev–Trinajstić information content (AvgIpc) is 2.30. The fourth-order valence-corrected chi connectivity index (χ4v) is 3.10. The zero-order valence-corrected chi connectivity index (χ0v) is 12.2. The first-order chi connectivity index (χ1) is 7.65. The summed E-state index contributed by atoms with van der Waals surface area (Å²) in [6, 6.07) is 8.37. The first-order valence-electron chi connectivity index (χ1n) is 6.09. The summed E-state index contributed by atoms with van der Waals surface area (Å²) in [6.45, 7) is 0. The highest BCUT2D eigenvalue weighted by atomic mass is 35.5. The van der Waals surface area contributed by atoms with Crippen LogP contribution in [0.3, 0.4) is 0 Å². The van der Waals surface area contributed by atoms with Crippen molar-refractivity contribution in [3.63, 3.8) is 0 Å². The minimum atomic E-state index is 0. The average molecular weight is 274 g/mol. The third-order valence-electron chi connectivity index (χ3n) is 3.90. The summed E-state index contributed by atoms with van der Waals surface area (Å²) < 4.78 is 0. The third-order valence-corrected chi connectivity index (χ3v) is 4.13. The number of nitrogens with zero attached hydrogens (tertiary/aromatic N) is 1. The Labute approximate surface area is 116 Å². The molecule has 3 heteroatoms. The Bertz CT molecular complexity index is 357.